The Morgan fingerprint density at radius 2 is 1.71 bits per heavy atom. The van der Waals surface area contributed by atoms with Gasteiger partial charge in [0.05, 0.1) is 12.7 Å². The van der Waals surface area contributed by atoms with E-state index in [1.165, 1.54) is 19.2 Å². The van der Waals surface area contributed by atoms with Crippen molar-refractivity contribution in [1.82, 2.24) is 10.6 Å². The highest BCUT2D eigenvalue weighted by atomic mass is 19.4. The number of hydrogen-bond acceptors (Lipinski definition) is 2. The normalized spacial score (nSPS) is 11.0. The number of urea groups is 1. The summed E-state index contributed by atoms with van der Waals surface area (Å²) in [4.78, 5) is 11.7. The molecule has 7 heteroatoms. The number of methoxy groups -OCH3 is 1. The molecule has 0 spiro atoms. The maximum atomic E-state index is 13.1. The van der Waals surface area contributed by atoms with Crippen LogP contribution in [0.2, 0.25) is 0 Å². The van der Waals surface area contributed by atoms with Crippen molar-refractivity contribution in [2.24, 2.45) is 0 Å². The van der Waals surface area contributed by atoms with Crippen LogP contribution >= 0.6 is 0 Å². The molecule has 2 rings (SSSR count). The topological polar surface area (TPSA) is 50.4 Å². The van der Waals surface area contributed by atoms with Crippen LogP contribution in [0.4, 0.5) is 18.0 Å². The zero-order chi connectivity index (χ0) is 17.6. The van der Waals surface area contributed by atoms with E-state index < -0.39 is 17.8 Å². The van der Waals surface area contributed by atoms with Crippen LogP contribution in [0, 0.1) is 0 Å². The summed E-state index contributed by atoms with van der Waals surface area (Å²) < 4.78 is 44.0. The van der Waals surface area contributed by atoms with Crippen LogP contribution < -0.4 is 15.4 Å². The summed E-state index contributed by atoms with van der Waals surface area (Å²) in [7, 11) is 1.30. The van der Waals surface area contributed by atoms with Crippen molar-refractivity contribution in [3.63, 3.8) is 0 Å². The highest BCUT2D eigenvalue weighted by Crippen LogP contribution is 2.34. The molecule has 0 heterocycles. The fraction of sp³-hybridized carbons (Fsp3) is 0.235. The number of rotatable bonds is 5. The van der Waals surface area contributed by atoms with Crippen molar-refractivity contribution < 1.29 is 22.7 Å². The lowest BCUT2D eigenvalue weighted by atomic mass is 10.1. The van der Waals surface area contributed by atoms with Crippen LogP contribution in [0.15, 0.2) is 48.5 Å². The van der Waals surface area contributed by atoms with E-state index in [9.17, 15) is 18.0 Å². The average Bonchev–Trinajstić information content (AvgIpc) is 2.58. The number of carbonyl (C=O) groups excluding carboxylic acids is 1. The Bertz CT molecular complexity index is 688. The first-order chi connectivity index (χ1) is 11.4. The van der Waals surface area contributed by atoms with Crippen molar-refractivity contribution in [2.75, 3.05) is 7.11 Å². The van der Waals surface area contributed by atoms with Gasteiger partial charge in [-0.25, -0.2) is 4.79 Å². The smallest absolute Gasteiger partial charge is 0.416 e. The summed E-state index contributed by atoms with van der Waals surface area (Å²) in [6, 6.07) is 12.3. The molecule has 128 valence electrons. The fourth-order valence-corrected chi connectivity index (χ4v) is 2.12. The van der Waals surface area contributed by atoms with E-state index in [1.54, 1.807) is 0 Å². The molecule has 0 fully saturated rings. The average molecular weight is 338 g/mol. The molecule has 2 N–H and O–H groups in total. The van der Waals surface area contributed by atoms with Crippen LogP contribution in [0.1, 0.15) is 16.7 Å². The van der Waals surface area contributed by atoms with Crippen LogP contribution in [0.3, 0.4) is 0 Å². The van der Waals surface area contributed by atoms with Gasteiger partial charge in [0.15, 0.2) is 0 Å². The van der Waals surface area contributed by atoms with E-state index in [2.05, 4.69) is 10.6 Å². The first kappa shape index (κ1) is 17.7. The maximum absolute atomic E-state index is 13.1. The molecule has 2 aromatic rings. The van der Waals surface area contributed by atoms with Gasteiger partial charge in [0.2, 0.25) is 0 Å². The first-order valence-electron chi connectivity index (χ1n) is 7.20. The standard InChI is InChI=1S/C17H17F3N2O2/c1-24-14-8-7-13(15(9-14)17(18,19)20)11-22-16(23)21-10-12-5-3-2-4-6-12/h2-9H,10-11H2,1H3,(H2,21,22,23). The van der Waals surface area contributed by atoms with Crippen molar-refractivity contribution >= 4 is 6.03 Å². The van der Waals surface area contributed by atoms with Crippen molar-refractivity contribution in [1.29, 1.82) is 0 Å². The molecule has 0 aromatic heterocycles. The summed E-state index contributed by atoms with van der Waals surface area (Å²) in [5, 5.41) is 5.02. The lowest BCUT2D eigenvalue weighted by Gasteiger charge is -2.15. The molecule has 24 heavy (non-hydrogen) atoms. The van der Waals surface area contributed by atoms with Gasteiger partial charge in [0.25, 0.3) is 0 Å². The zero-order valence-electron chi connectivity index (χ0n) is 13.0. The molecule has 0 unspecified atom stereocenters. The van der Waals surface area contributed by atoms with E-state index in [1.807, 2.05) is 30.3 Å². The van der Waals surface area contributed by atoms with Gasteiger partial charge in [-0.05, 0) is 23.3 Å². The zero-order valence-corrected chi connectivity index (χ0v) is 13.0. The molecule has 0 aliphatic carbocycles. The summed E-state index contributed by atoms with van der Waals surface area (Å²) in [5.74, 6) is 0.111. The van der Waals surface area contributed by atoms with Crippen molar-refractivity contribution in [3.05, 3.63) is 65.2 Å². The minimum atomic E-state index is -4.52. The van der Waals surface area contributed by atoms with E-state index in [0.717, 1.165) is 11.6 Å². The Kier molecular flexibility index (Phi) is 5.68. The third kappa shape index (κ3) is 4.91. The summed E-state index contributed by atoms with van der Waals surface area (Å²) in [6.07, 6.45) is -4.52. The number of benzene rings is 2. The van der Waals surface area contributed by atoms with Crippen LogP contribution in [-0.2, 0) is 19.3 Å². The number of amides is 2. The molecule has 0 saturated heterocycles. The van der Waals surface area contributed by atoms with Crippen LogP contribution in [0.25, 0.3) is 0 Å². The molecule has 0 radical (unpaired) electrons. The van der Waals surface area contributed by atoms with E-state index in [0.29, 0.717) is 6.54 Å². The van der Waals surface area contributed by atoms with Crippen LogP contribution in [0.5, 0.6) is 5.75 Å². The highest BCUT2D eigenvalue weighted by molar-refractivity contribution is 5.73. The second-order valence-electron chi connectivity index (χ2n) is 5.04. The van der Waals surface area contributed by atoms with Gasteiger partial charge in [0.1, 0.15) is 5.75 Å². The highest BCUT2D eigenvalue weighted by Gasteiger charge is 2.33. The molecule has 0 atom stereocenters. The first-order valence-corrected chi connectivity index (χ1v) is 7.20. The van der Waals surface area contributed by atoms with Gasteiger partial charge >= 0.3 is 12.2 Å². The Hall–Kier alpha value is -2.70. The molecular weight excluding hydrogens is 321 g/mol. The minimum Gasteiger partial charge on any atom is -0.497 e. The summed E-state index contributed by atoms with van der Waals surface area (Å²) in [6.45, 7) is 0.0564. The second kappa shape index (κ2) is 7.72. The Morgan fingerprint density at radius 3 is 2.33 bits per heavy atom. The van der Waals surface area contributed by atoms with Crippen molar-refractivity contribution in [3.8, 4) is 5.75 Å². The molecule has 0 saturated carbocycles. The number of alkyl halides is 3. The largest absolute Gasteiger partial charge is 0.497 e. The third-order valence-electron chi connectivity index (χ3n) is 3.36. The minimum absolute atomic E-state index is 0.0295. The second-order valence-corrected chi connectivity index (χ2v) is 5.04. The summed E-state index contributed by atoms with van der Waals surface area (Å²) >= 11 is 0. The monoisotopic (exact) mass is 338 g/mol. The molecule has 0 aliphatic heterocycles. The number of ether oxygens (including phenoxy) is 1. The fourth-order valence-electron chi connectivity index (χ4n) is 2.12. The molecular formula is C17H17F3N2O2. The number of carbonyl (C=O) groups is 1. The predicted molar refractivity (Wildman–Crippen MR) is 83.5 cm³/mol. The third-order valence-corrected chi connectivity index (χ3v) is 3.36. The number of halogens is 3. The van der Waals surface area contributed by atoms with Gasteiger partial charge in [-0.15, -0.1) is 0 Å². The molecule has 2 amide bonds. The van der Waals surface area contributed by atoms with Crippen molar-refractivity contribution in [2.45, 2.75) is 19.3 Å². The molecule has 2 aromatic carbocycles. The predicted octanol–water partition coefficient (Wildman–Crippen LogP) is 3.71. The number of hydrogen-bond donors (Lipinski definition) is 2. The molecule has 4 nitrogen and oxygen atoms in total. The van der Waals surface area contributed by atoms with Crippen LogP contribution in [-0.4, -0.2) is 13.1 Å². The molecule has 0 aliphatic rings. The van der Waals surface area contributed by atoms with E-state index in [4.69, 9.17) is 4.74 Å². The lowest BCUT2D eigenvalue weighted by Crippen LogP contribution is -2.35. The Balaban J connectivity index is 1.97. The van der Waals surface area contributed by atoms with E-state index in [-0.39, 0.29) is 17.9 Å². The quantitative estimate of drug-likeness (QED) is 0.873. The van der Waals surface area contributed by atoms with Gasteiger partial charge in [-0.3, -0.25) is 0 Å². The number of nitrogens with one attached hydrogen (secondary N) is 2. The maximum Gasteiger partial charge on any atom is 0.416 e. The molecule has 0 bridgehead atoms. The van der Waals surface area contributed by atoms with E-state index >= 15 is 0 Å². The Labute approximate surface area is 137 Å². The Morgan fingerprint density at radius 1 is 1.04 bits per heavy atom. The van der Waals surface area contributed by atoms with Gasteiger partial charge in [-0.2, -0.15) is 13.2 Å². The van der Waals surface area contributed by atoms with Gasteiger partial charge in [-0.1, -0.05) is 36.4 Å². The van der Waals surface area contributed by atoms with Gasteiger partial charge < -0.3 is 15.4 Å². The summed E-state index contributed by atoms with van der Waals surface area (Å²) in [5.41, 5.74) is 0.0384. The lowest BCUT2D eigenvalue weighted by molar-refractivity contribution is -0.138. The van der Waals surface area contributed by atoms with Gasteiger partial charge in [0, 0.05) is 13.1 Å². The SMILES string of the molecule is COc1ccc(CNC(=O)NCc2ccccc2)c(C(F)(F)F)c1.